The third kappa shape index (κ3) is 3.58. The summed E-state index contributed by atoms with van der Waals surface area (Å²) in [5.74, 6) is -2.48. The van der Waals surface area contributed by atoms with Crippen LogP contribution in [0.4, 0.5) is 0 Å². The van der Waals surface area contributed by atoms with Crippen molar-refractivity contribution in [2.75, 3.05) is 0 Å². The first-order chi connectivity index (χ1) is 9.41. The van der Waals surface area contributed by atoms with Crippen LogP contribution in [-0.2, 0) is 19.5 Å². The molecule has 0 bridgehead atoms. The number of carboxylic acids is 2. The molecule has 0 unspecified atom stereocenters. The SMILES string of the molecule is O=C(O)c1cc2cc-2c1O.O=C(O)c1ccccc1O.[Zn]. The molecule has 0 saturated carbocycles. The van der Waals surface area contributed by atoms with E-state index < -0.39 is 11.9 Å². The summed E-state index contributed by atoms with van der Waals surface area (Å²) < 4.78 is 0. The molecule has 4 N–H and O–H groups in total. The summed E-state index contributed by atoms with van der Waals surface area (Å²) in [6.45, 7) is 0. The van der Waals surface area contributed by atoms with Gasteiger partial charge in [-0.1, -0.05) is 12.1 Å². The van der Waals surface area contributed by atoms with E-state index >= 15 is 0 Å². The van der Waals surface area contributed by atoms with E-state index in [4.69, 9.17) is 20.4 Å². The van der Waals surface area contributed by atoms with Gasteiger partial charge in [0.25, 0.3) is 0 Å². The fourth-order valence-electron chi connectivity index (χ4n) is 1.63. The molecule has 3 rings (SSSR count). The van der Waals surface area contributed by atoms with Gasteiger partial charge in [0.05, 0.1) is 0 Å². The molecule has 1 aromatic carbocycles. The summed E-state index contributed by atoms with van der Waals surface area (Å²) in [5, 5.41) is 34.8. The topological polar surface area (TPSA) is 115 Å². The van der Waals surface area contributed by atoms with Crippen LogP contribution in [-0.4, -0.2) is 32.4 Å². The second-order valence-corrected chi connectivity index (χ2v) is 4.05. The summed E-state index contributed by atoms with van der Waals surface area (Å²) in [6, 6.07) is 9.01. The maximum absolute atomic E-state index is 10.3. The molecule has 1 aromatic rings. The molecule has 2 aliphatic carbocycles. The maximum atomic E-state index is 10.3. The van der Waals surface area contributed by atoms with Gasteiger partial charge in [0.2, 0.25) is 0 Å². The Labute approximate surface area is 132 Å². The van der Waals surface area contributed by atoms with Gasteiger partial charge in [0, 0.05) is 25.0 Å². The fraction of sp³-hybridized carbons (Fsp3) is 0. The normalized spacial score (nSPS) is 9.71. The summed E-state index contributed by atoms with van der Waals surface area (Å²) in [7, 11) is 0. The van der Waals surface area contributed by atoms with Gasteiger partial charge in [-0.2, -0.15) is 0 Å². The van der Waals surface area contributed by atoms with Crippen LogP contribution in [0, 0.1) is 0 Å². The number of aromatic carboxylic acids is 2. The van der Waals surface area contributed by atoms with Gasteiger partial charge in [-0.05, 0) is 29.8 Å². The number of carboxylic acid groups (broad SMARTS) is 2. The molecule has 0 amide bonds. The molecule has 0 fully saturated rings. The van der Waals surface area contributed by atoms with Crippen LogP contribution in [0.1, 0.15) is 20.7 Å². The molecule has 0 radical (unpaired) electrons. The predicted molar refractivity (Wildman–Crippen MR) is 69.1 cm³/mol. The first-order valence-electron chi connectivity index (χ1n) is 5.53. The van der Waals surface area contributed by atoms with E-state index in [9.17, 15) is 9.59 Å². The standard InChI is InChI=1S/C7H4O3.C7H6O3.Zn/c8-6-4-1-3(4)2-5(6)7(9)10;8-6-4-2-1-3-5(6)7(9)10;/h1-2,8H,(H,9,10);1-4,8H,(H,9,10);. The fourth-order valence-corrected chi connectivity index (χ4v) is 1.63. The molecule has 0 aliphatic heterocycles. The molecular weight excluding hydrogens is 330 g/mol. The largest absolute Gasteiger partial charge is 0.507 e. The van der Waals surface area contributed by atoms with Crippen LogP contribution in [0.5, 0.6) is 11.5 Å². The molecule has 6 nitrogen and oxygen atoms in total. The van der Waals surface area contributed by atoms with Crippen molar-refractivity contribution >= 4 is 11.9 Å². The molecule has 21 heavy (non-hydrogen) atoms. The van der Waals surface area contributed by atoms with Crippen molar-refractivity contribution in [3.8, 4) is 22.6 Å². The molecule has 0 heterocycles. The molecule has 2 aliphatic rings. The average Bonchev–Trinajstić information content (AvgIpc) is 3.09. The molecule has 7 heteroatoms. The van der Waals surface area contributed by atoms with E-state index in [1.807, 2.05) is 0 Å². The smallest absolute Gasteiger partial charge is 0.339 e. The maximum Gasteiger partial charge on any atom is 0.339 e. The zero-order valence-corrected chi connectivity index (χ0v) is 13.7. The van der Waals surface area contributed by atoms with E-state index in [0.29, 0.717) is 5.56 Å². The molecular formula is C14H10O6Zn. The monoisotopic (exact) mass is 338 g/mol. The van der Waals surface area contributed by atoms with Crippen molar-refractivity contribution in [3.63, 3.8) is 0 Å². The van der Waals surface area contributed by atoms with Crippen LogP contribution < -0.4 is 0 Å². The van der Waals surface area contributed by atoms with Crippen molar-refractivity contribution in [1.29, 1.82) is 0 Å². The Bertz CT molecular complexity index is 699. The minimum absolute atomic E-state index is 0. The van der Waals surface area contributed by atoms with Crippen LogP contribution in [0.2, 0.25) is 0 Å². The van der Waals surface area contributed by atoms with Gasteiger partial charge in [0.15, 0.2) is 0 Å². The van der Waals surface area contributed by atoms with Crippen molar-refractivity contribution in [2.24, 2.45) is 0 Å². The van der Waals surface area contributed by atoms with Crippen molar-refractivity contribution in [2.45, 2.75) is 0 Å². The molecule has 0 atom stereocenters. The van der Waals surface area contributed by atoms with Crippen molar-refractivity contribution in [1.82, 2.24) is 0 Å². The predicted octanol–water partition coefficient (Wildman–Crippen LogP) is 2.16. The third-order valence-corrected chi connectivity index (χ3v) is 2.70. The Kier molecular flexibility index (Phi) is 5.05. The number of rotatable bonds is 2. The quantitative estimate of drug-likeness (QED) is 0.532. The van der Waals surface area contributed by atoms with Crippen LogP contribution in [0.15, 0.2) is 36.4 Å². The summed E-state index contributed by atoms with van der Waals surface area (Å²) >= 11 is 0. The Hall–Kier alpha value is -2.40. The number of hydrogen-bond acceptors (Lipinski definition) is 4. The van der Waals surface area contributed by atoms with Crippen LogP contribution >= 0.6 is 0 Å². The molecule has 0 aromatic heterocycles. The second kappa shape index (κ2) is 6.37. The zero-order valence-electron chi connectivity index (χ0n) is 10.8. The third-order valence-electron chi connectivity index (χ3n) is 2.70. The number of hydrogen-bond donors (Lipinski definition) is 4. The van der Waals surface area contributed by atoms with Gasteiger partial charge in [-0.25, -0.2) is 9.59 Å². The van der Waals surface area contributed by atoms with Gasteiger partial charge in [-0.15, -0.1) is 0 Å². The van der Waals surface area contributed by atoms with Crippen molar-refractivity contribution < 1.29 is 49.5 Å². The van der Waals surface area contributed by atoms with E-state index in [0.717, 1.165) is 5.56 Å². The summed E-state index contributed by atoms with van der Waals surface area (Å²) in [4.78, 5) is 20.6. The minimum Gasteiger partial charge on any atom is -0.507 e. The Morgan fingerprint density at radius 1 is 0.857 bits per heavy atom. The average molecular weight is 340 g/mol. The first kappa shape index (κ1) is 16.7. The van der Waals surface area contributed by atoms with E-state index in [-0.39, 0.29) is 42.1 Å². The van der Waals surface area contributed by atoms with Gasteiger partial charge in [0.1, 0.15) is 22.6 Å². The van der Waals surface area contributed by atoms with E-state index in [1.54, 1.807) is 18.2 Å². The Morgan fingerprint density at radius 2 is 1.43 bits per heavy atom. The number of phenols is 2. The zero-order chi connectivity index (χ0) is 14.9. The Balaban J connectivity index is 0.000000200. The van der Waals surface area contributed by atoms with Crippen molar-refractivity contribution in [3.05, 3.63) is 47.5 Å². The number of aromatic hydroxyl groups is 2. The number of benzene rings is 2. The first-order valence-corrected chi connectivity index (χ1v) is 5.53. The van der Waals surface area contributed by atoms with Gasteiger partial charge < -0.3 is 20.4 Å². The molecule has 0 saturated heterocycles. The summed E-state index contributed by atoms with van der Waals surface area (Å²) in [5.41, 5.74) is 1.46. The summed E-state index contributed by atoms with van der Waals surface area (Å²) in [6.07, 6.45) is 0. The Morgan fingerprint density at radius 3 is 1.76 bits per heavy atom. The number of fused-ring (bicyclic) bond motifs is 1. The van der Waals surface area contributed by atoms with Gasteiger partial charge in [-0.3, -0.25) is 0 Å². The number of para-hydroxylation sites is 1. The second-order valence-electron chi connectivity index (χ2n) is 4.05. The van der Waals surface area contributed by atoms with E-state index in [2.05, 4.69) is 0 Å². The van der Waals surface area contributed by atoms with Gasteiger partial charge >= 0.3 is 11.9 Å². The van der Waals surface area contributed by atoms with Crippen LogP contribution in [0.25, 0.3) is 11.1 Å². The van der Waals surface area contributed by atoms with E-state index in [1.165, 1.54) is 18.2 Å². The molecule has 0 spiro atoms. The number of carbonyl (C=O) groups is 2. The minimum atomic E-state index is -1.11. The molecule has 104 valence electrons. The van der Waals surface area contributed by atoms with Crippen LogP contribution in [0.3, 0.4) is 0 Å².